The molecule has 0 bridgehead atoms. The second-order valence-electron chi connectivity index (χ2n) is 4.99. The summed E-state index contributed by atoms with van der Waals surface area (Å²) >= 11 is 0. The number of rotatable bonds is 5. The number of aromatic amines is 1. The van der Waals surface area contributed by atoms with Gasteiger partial charge in [-0.2, -0.15) is 18.3 Å². The van der Waals surface area contributed by atoms with Crippen LogP contribution in [-0.4, -0.2) is 22.2 Å². The molecular weight excluding hydrogens is 311 g/mol. The number of amides is 1. The number of ether oxygens (including phenoxy) is 1. The third kappa shape index (κ3) is 4.24. The first-order valence-electron chi connectivity index (χ1n) is 6.88. The van der Waals surface area contributed by atoms with E-state index in [0.29, 0.717) is 0 Å². The molecule has 1 aromatic heterocycles. The Morgan fingerprint density at radius 1 is 1.39 bits per heavy atom. The van der Waals surface area contributed by atoms with Crippen LogP contribution in [0.15, 0.2) is 30.5 Å². The maximum Gasteiger partial charge on any atom is 0.419 e. The van der Waals surface area contributed by atoms with Crippen molar-refractivity contribution in [2.75, 3.05) is 0 Å². The van der Waals surface area contributed by atoms with Gasteiger partial charge >= 0.3 is 6.18 Å². The average molecular weight is 327 g/mol. The molecule has 1 aromatic carbocycles. The second kappa shape index (κ2) is 6.72. The maximum atomic E-state index is 12.9. The summed E-state index contributed by atoms with van der Waals surface area (Å²) in [6.07, 6.45) is -4.04. The lowest BCUT2D eigenvalue weighted by molar-refractivity contribution is -0.140. The quantitative estimate of drug-likeness (QED) is 0.887. The van der Waals surface area contributed by atoms with E-state index in [1.807, 2.05) is 0 Å². The number of para-hydroxylation sites is 1. The van der Waals surface area contributed by atoms with Crippen LogP contribution in [0.25, 0.3) is 0 Å². The number of carbonyl (C=O) groups excluding carboxylic acids is 1. The highest BCUT2D eigenvalue weighted by Gasteiger charge is 2.34. The summed E-state index contributed by atoms with van der Waals surface area (Å²) < 4.78 is 43.8. The molecule has 1 atom stereocenters. The van der Waals surface area contributed by atoms with E-state index in [0.717, 1.165) is 17.3 Å². The van der Waals surface area contributed by atoms with Crippen molar-refractivity contribution in [1.82, 2.24) is 15.5 Å². The minimum Gasteiger partial charge on any atom is -0.480 e. The van der Waals surface area contributed by atoms with Gasteiger partial charge in [-0.3, -0.25) is 9.89 Å². The average Bonchev–Trinajstić information content (AvgIpc) is 2.89. The van der Waals surface area contributed by atoms with E-state index in [2.05, 4.69) is 15.5 Å². The number of aryl methyl sites for hydroxylation is 1. The smallest absolute Gasteiger partial charge is 0.419 e. The molecule has 0 aliphatic heterocycles. The summed E-state index contributed by atoms with van der Waals surface area (Å²) in [4.78, 5) is 12.0. The lowest BCUT2D eigenvalue weighted by Crippen LogP contribution is -2.36. The first-order valence-corrected chi connectivity index (χ1v) is 6.88. The van der Waals surface area contributed by atoms with E-state index in [1.54, 1.807) is 13.1 Å². The van der Waals surface area contributed by atoms with Gasteiger partial charge < -0.3 is 10.1 Å². The Bertz CT molecular complexity index is 683. The molecule has 2 N–H and O–H groups in total. The van der Waals surface area contributed by atoms with Crippen LogP contribution in [0.1, 0.15) is 23.7 Å². The Hall–Kier alpha value is -2.51. The zero-order chi connectivity index (χ0) is 17.0. The Balaban J connectivity index is 2.00. The van der Waals surface area contributed by atoms with E-state index in [1.165, 1.54) is 25.1 Å². The molecule has 2 rings (SSSR count). The van der Waals surface area contributed by atoms with Crippen molar-refractivity contribution in [2.24, 2.45) is 0 Å². The highest BCUT2D eigenvalue weighted by atomic mass is 19.4. The molecule has 124 valence electrons. The Morgan fingerprint density at radius 2 is 2.09 bits per heavy atom. The molecule has 1 unspecified atom stereocenters. The van der Waals surface area contributed by atoms with Crippen LogP contribution in [0.4, 0.5) is 13.2 Å². The summed E-state index contributed by atoms with van der Waals surface area (Å²) in [5.74, 6) is -0.885. The monoisotopic (exact) mass is 327 g/mol. The summed E-state index contributed by atoms with van der Waals surface area (Å²) in [5.41, 5.74) is 0.688. The fourth-order valence-corrected chi connectivity index (χ4v) is 1.93. The second-order valence-corrected chi connectivity index (χ2v) is 4.99. The third-order valence-corrected chi connectivity index (χ3v) is 3.25. The normalized spacial score (nSPS) is 12.7. The van der Waals surface area contributed by atoms with Crippen molar-refractivity contribution in [3.05, 3.63) is 47.3 Å². The van der Waals surface area contributed by atoms with Gasteiger partial charge in [-0.1, -0.05) is 12.1 Å². The van der Waals surface area contributed by atoms with Crippen LogP contribution in [0.5, 0.6) is 5.75 Å². The van der Waals surface area contributed by atoms with Gasteiger partial charge in [0.25, 0.3) is 5.91 Å². The first-order chi connectivity index (χ1) is 10.8. The van der Waals surface area contributed by atoms with Gasteiger partial charge in [-0.25, -0.2) is 0 Å². The summed E-state index contributed by atoms with van der Waals surface area (Å²) in [6.45, 7) is 3.41. The molecule has 2 aromatic rings. The molecule has 0 radical (unpaired) electrons. The fourth-order valence-electron chi connectivity index (χ4n) is 1.93. The third-order valence-electron chi connectivity index (χ3n) is 3.25. The maximum absolute atomic E-state index is 12.9. The Morgan fingerprint density at radius 3 is 2.70 bits per heavy atom. The number of hydrogen-bond donors (Lipinski definition) is 2. The van der Waals surface area contributed by atoms with Gasteiger partial charge in [0.2, 0.25) is 0 Å². The minimum absolute atomic E-state index is 0.218. The lowest BCUT2D eigenvalue weighted by atomic mass is 10.2. The molecule has 0 fully saturated rings. The number of halogens is 3. The van der Waals surface area contributed by atoms with Crippen LogP contribution in [0.2, 0.25) is 0 Å². The van der Waals surface area contributed by atoms with E-state index >= 15 is 0 Å². The van der Waals surface area contributed by atoms with E-state index in [4.69, 9.17) is 4.74 Å². The highest BCUT2D eigenvalue weighted by Crippen LogP contribution is 2.36. The largest absolute Gasteiger partial charge is 0.480 e. The van der Waals surface area contributed by atoms with E-state index in [-0.39, 0.29) is 12.3 Å². The van der Waals surface area contributed by atoms with E-state index in [9.17, 15) is 18.0 Å². The van der Waals surface area contributed by atoms with Gasteiger partial charge in [0.15, 0.2) is 6.10 Å². The predicted octanol–water partition coefficient (Wildman–Crippen LogP) is 2.82. The topological polar surface area (TPSA) is 67.0 Å². The van der Waals surface area contributed by atoms with Gasteiger partial charge in [-0.05, 0) is 26.0 Å². The first kappa shape index (κ1) is 16.9. The molecule has 0 spiro atoms. The molecule has 23 heavy (non-hydrogen) atoms. The molecule has 1 amide bonds. The zero-order valence-corrected chi connectivity index (χ0v) is 12.6. The van der Waals surface area contributed by atoms with Crippen molar-refractivity contribution in [3.8, 4) is 5.75 Å². The Labute approximate surface area is 130 Å². The van der Waals surface area contributed by atoms with Gasteiger partial charge in [-0.15, -0.1) is 0 Å². The summed E-state index contributed by atoms with van der Waals surface area (Å²) in [5, 5.41) is 9.15. The molecule has 0 saturated heterocycles. The van der Waals surface area contributed by atoms with Crippen molar-refractivity contribution in [2.45, 2.75) is 32.7 Å². The van der Waals surface area contributed by atoms with Gasteiger partial charge in [0, 0.05) is 17.8 Å². The van der Waals surface area contributed by atoms with Gasteiger partial charge in [0.05, 0.1) is 11.8 Å². The van der Waals surface area contributed by atoms with Crippen molar-refractivity contribution in [1.29, 1.82) is 0 Å². The number of benzene rings is 1. The molecule has 0 aliphatic carbocycles. The zero-order valence-electron chi connectivity index (χ0n) is 12.6. The number of alkyl halides is 3. The number of H-pyrrole nitrogens is 1. The molecule has 0 aliphatic rings. The number of hydrogen-bond acceptors (Lipinski definition) is 3. The fraction of sp³-hybridized carbons (Fsp3) is 0.333. The minimum atomic E-state index is -4.54. The number of nitrogens with zero attached hydrogens (tertiary/aromatic N) is 1. The highest BCUT2D eigenvalue weighted by molar-refractivity contribution is 5.80. The standard InChI is InChI=1S/C15H16F3N3O2/c1-9-11(8-20-21-9)7-19-14(22)10(2)23-13-6-4-3-5-12(13)15(16,17)18/h3-6,8,10H,7H2,1-2H3,(H,19,22)(H,20,21). The van der Waals surface area contributed by atoms with Crippen molar-refractivity contribution < 1.29 is 22.7 Å². The van der Waals surface area contributed by atoms with Crippen LogP contribution in [-0.2, 0) is 17.5 Å². The van der Waals surface area contributed by atoms with E-state index < -0.39 is 23.8 Å². The van der Waals surface area contributed by atoms with Crippen LogP contribution < -0.4 is 10.1 Å². The van der Waals surface area contributed by atoms with Crippen LogP contribution >= 0.6 is 0 Å². The van der Waals surface area contributed by atoms with Crippen molar-refractivity contribution >= 4 is 5.91 Å². The summed E-state index contributed by atoms with van der Waals surface area (Å²) in [7, 11) is 0. The van der Waals surface area contributed by atoms with Crippen LogP contribution in [0.3, 0.4) is 0 Å². The number of nitrogens with one attached hydrogen (secondary N) is 2. The van der Waals surface area contributed by atoms with Gasteiger partial charge in [0.1, 0.15) is 5.75 Å². The molecule has 8 heteroatoms. The number of carbonyl (C=O) groups is 1. The summed E-state index contributed by atoms with van der Waals surface area (Å²) in [6, 6.07) is 4.79. The number of aromatic nitrogens is 2. The predicted molar refractivity (Wildman–Crippen MR) is 76.7 cm³/mol. The van der Waals surface area contributed by atoms with Crippen LogP contribution in [0, 0.1) is 6.92 Å². The molecule has 0 saturated carbocycles. The molecular formula is C15H16F3N3O2. The Kier molecular flexibility index (Phi) is 4.92. The van der Waals surface area contributed by atoms with Crippen molar-refractivity contribution in [3.63, 3.8) is 0 Å². The SMILES string of the molecule is Cc1[nH]ncc1CNC(=O)C(C)Oc1ccccc1C(F)(F)F. The lowest BCUT2D eigenvalue weighted by Gasteiger charge is -2.18. The molecule has 5 nitrogen and oxygen atoms in total. The molecule has 1 heterocycles.